The van der Waals surface area contributed by atoms with Gasteiger partial charge in [0.05, 0.1) is 10.6 Å². The molecule has 1 aliphatic heterocycles. The Morgan fingerprint density at radius 1 is 1.19 bits per heavy atom. The summed E-state index contributed by atoms with van der Waals surface area (Å²) in [6.07, 6.45) is 1.71. The van der Waals surface area contributed by atoms with Gasteiger partial charge in [-0.3, -0.25) is 9.59 Å². The van der Waals surface area contributed by atoms with E-state index in [2.05, 4.69) is 10.3 Å². The number of thioether (sulfide) groups is 1. The summed E-state index contributed by atoms with van der Waals surface area (Å²) in [5.41, 5.74) is 6.36. The fourth-order valence-corrected chi connectivity index (χ4v) is 2.92. The summed E-state index contributed by atoms with van der Waals surface area (Å²) in [4.78, 5) is 27.5. The van der Waals surface area contributed by atoms with E-state index in [1.165, 1.54) is 36.0 Å². The van der Waals surface area contributed by atoms with Crippen LogP contribution in [0.25, 0.3) is 6.08 Å². The van der Waals surface area contributed by atoms with Crippen LogP contribution in [0.15, 0.2) is 58.4 Å². The number of nitrogens with two attached hydrogens (primary N) is 1. The number of benzene rings is 2. The van der Waals surface area contributed by atoms with Gasteiger partial charge in [0.2, 0.25) is 0 Å². The fraction of sp³-hybridized carbons (Fsp3) is 0.0556. The molecule has 2 aromatic rings. The number of hydrogen-bond acceptors (Lipinski definition) is 5. The Kier molecular flexibility index (Phi) is 5.33. The van der Waals surface area contributed by atoms with Crippen molar-refractivity contribution < 1.29 is 18.7 Å². The van der Waals surface area contributed by atoms with Crippen LogP contribution in [0.1, 0.15) is 5.56 Å². The molecular weight excluding hydrogens is 357 g/mol. The summed E-state index contributed by atoms with van der Waals surface area (Å²) in [6.45, 7) is -0.193. The molecule has 1 saturated heterocycles. The summed E-state index contributed by atoms with van der Waals surface area (Å²) < 4.78 is 18.1. The minimum atomic E-state index is -0.553. The highest BCUT2D eigenvalue weighted by Crippen LogP contribution is 2.28. The lowest BCUT2D eigenvalue weighted by molar-refractivity contribution is -0.120. The van der Waals surface area contributed by atoms with E-state index in [4.69, 9.17) is 10.5 Å². The van der Waals surface area contributed by atoms with E-state index in [-0.39, 0.29) is 18.3 Å². The van der Waals surface area contributed by atoms with Crippen LogP contribution in [0, 0.1) is 5.82 Å². The maximum Gasteiger partial charge on any atom is 0.264 e. The van der Waals surface area contributed by atoms with Gasteiger partial charge in [0, 0.05) is 0 Å². The molecule has 8 heteroatoms. The van der Waals surface area contributed by atoms with Gasteiger partial charge >= 0.3 is 0 Å². The van der Waals surface area contributed by atoms with E-state index < -0.39 is 5.91 Å². The number of carbonyl (C=O) groups is 2. The van der Waals surface area contributed by atoms with Gasteiger partial charge in [-0.15, -0.1) is 0 Å². The van der Waals surface area contributed by atoms with Crippen molar-refractivity contribution >= 4 is 40.5 Å². The predicted octanol–water partition coefficient (Wildman–Crippen LogP) is 2.58. The van der Waals surface area contributed by atoms with Crippen LogP contribution in [0.5, 0.6) is 5.75 Å². The van der Waals surface area contributed by atoms with E-state index in [1.807, 2.05) is 0 Å². The second kappa shape index (κ2) is 7.83. The highest BCUT2D eigenvalue weighted by Gasteiger charge is 2.23. The first-order chi connectivity index (χ1) is 12.5. The Bertz CT molecular complexity index is 893. The maximum atomic E-state index is 12.9. The van der Waals surface area contributed by atoms with Crippen LogP contribution < -0.4 is 15.8 Å². The van der Waals surface area contributed by atoms with Crippen molar-refractivity contribution in [2.45, 2.75) is 0 Å². The molecule has 0 radical (unpaired) electrons. The number of halogens is 1. The second-order valence-electron chi connectivity index (χ2n) is 5.28. The van der Waals surface area contributed by atoms with Crippen molar-refractivity contribution in [3.05, 3.63) is 64.8 Å². The van der Waals surface area contributed by atoms with E-state index in [1.54, 1.807) is 30.3 Å². The molecule has 2 amide bonds. The molecule has 0 aliphatic carbocycles. The number of ether oxygens (including phenoxy) is 1. The van der Waals surface area contributed by atoms with E-state index in [0.717, 1.165) is 5.56 Å². The smallest absolute Gasteiger partial charge is 0.264 e. The maximum absolute atomic E-state index is 12.9. The normalized spacial score (nSPS) is 16.7. The number of hydrogen-bond donors (Lipinski definition) is 2. The zero-order valence-electron chi connectivity index (χ0n) is 13.4. The van der Waals surface area contributed by atoms with Crippen molar-refractivity contribution in [2.75, 3.05) is 6.61 Å². The van der Waals surface area contributed by atoms with Crippen LogP contribution in [-0.4, -0.2) is 23.6 Å². The van der Waals surface area contributed by atoms with Crippen LogP contribution in [0.2, 0.25) is 0 Å². The van der Waals surface area contributed by atoms with Crippen molar-refractivity contribution in [3.8, 4) is 5.75 Å². The number of rotatable bonds is 5. The molecule has 0 bridgehead atoms. The average Bonchev–Trinajstić information content (AvgIpc) is 2.95. The second-order valence-corrected chi connectivity index (χ2v) is 6.31. The number of amides is 2. The summed E-state index contributed by atoms with van der Waals surface area (Å²) in [6, 6.07) is 12.5. The number of nitrogens with zero attached hydrogens (tertiary/aromatic N) is 1. The Hall–Kier alpha value is -3.13. The van der Waals surface area contributed by atoms with Gasteiger partial charge in [-0.05, 0) is 59.8 Å². The quantitative estimate of drug-likeness (QED) is 0.790. The highest BCUT2D eigenvalue weighted by molar-refractivity contribution is 8.18. The number of nitrogens with one attached hydrogen (secondary N) is 1. The molecule has 0 unspecified atom stereocenters. The molecule has 1 fully saturated rings. The minimum absolute atomic E-state index is 0.193. The highest BCUT2D eigenvalue weighted by atomic mass is 32.2. The summed E-state index contributed by atoms with van der Waals surface area (Å²) >= 11 is 1.20. The largest absolute Gasteiger partial charge is 0.484 e. The van der Waals surface area contributed by atoms with Gasteiger partial charge in [0.15, 0.2) is 11.8 Å². The zero-order valence-corrected chi connectivity index (χ0v) is 14.3. The topological polar surface area (TPSA) is 93.8 Å². The molecule has 3 rings (SSSR count). The van der Waals surface area contributed by atoms with Crippen LogP contribution >= 0.6 is 11.8 Å². The zero-order chi connectivity index (χ0) is 18.5. The van der Waals surface area contributed by atoms with Gasteiger partial charge in [-0.2, -0.15) is 0 Å². The summed E-state index contributed by atoms with van der Waals surface area (Å²) in [5, 5.41) is 3.09. The molecule has 0 spiro atoms. The lowest BCUT2D eigenvalue weighted by Gasteiger charge is -2.03. The Labute approximate surface area is 152 Å². The molecule has 0 atom stereocenters. The third-order valence-electron chi connectivity index (χ3n) is 3.27. The van der Waals surface area contributed by atoms with Gasteiger partial charge in [-0.25, -0.2) is 9.38 Å². The fourth-order valence-electron chi connectivity index (χ4n) is 2.08. The van der Waals surface area contributed by atoms with Crippen LogP contribution in [-0.2, 0) is 9.59 Å². The minimum Gasteiger partial charge on any atom is -0.484 e. The van der Waals surface area contributed by atoms with Crippen molar-refractivity contribution in [1.29, 1.82) is 0 Å². The van der Waals surface area contributed by atoms with Gasteiger partial charge in [-0.1, -0.05) is 12.1 Å². The average molecular weight is 371 g/mol. The standard InChI is InChI=1S/C18H14FN3O3S/c19-12-3-5-13(6-4-12)21-18-22-17(24)15(26-18)9-11-1-7-14(8-2-11)25-10-16(20)23/h1-9H,10H2,(H2,20,23)(H,21,22,24)/b15-9+. The third kappa shape index (κ3) is 4.70. The molecule has 6 nitrogen and oxygen atoms in total. The van der Waals surface area contributed by atoms with Crippen molar-refractivity contribution in [1.82, 2.24) is 5.32 Å². The van der Waals surface area contributed by atoms with E-state index in [0.29, 0.717) is 21.5 Å². The Balaban J connectivity index is 1.70. The van der Waals surface area contributed by atoms with Gasteiger partial charge in [0.1, 0.15) is 11.6 Å². The predicted molar refractivity (Wildman–Crippen MR) is 98.3 cm³/mol. The van der Waals surface area contributed by atoms with E-state index >= 15 is 0 Å². The molecule has 132 valence electrons. The summed E-state index contributed by atoms with van der Waals surface area (Å²) in [7, 11) is 0. The number of aliphatic imine (C=N–C) groups is 1. The molecule has 1 aliphatic rings. The van der Waals surface area contributed by atoms with Gasteiger partial charge in [0.25, 0.3) is 11.8 Å². The molecule has 2 aromatic carbocycles. The Morgan fingerprint density at radius 2 is 1.88 bits per heavy atom. The monoisotopic (exact) mass is 371 g/mol. The number of primary amides is 1. The molecule has 0 aromatic heterocycles. The first-order valence-corrected chi connectivity index (χ1v) is 8.37. The number of amidine groups is 1. The third-order valence-corrected chi connectivity index (χ3v) is 4.18. The van der Waals surface area contributed by atoms with E-state index in [9.17, 15) is 14.0 Å². The first-order valence-electron chi connectivity index (χ1n) is 7.56. The van der Waals surface area contributed by atoms with Gasteiger partial charge < -0.3 is 15.8 Å². The molecule has 1 heterocycles. The summed E-state index contributed by atoms with van der Waals surface area (Å²) in [5.74, 6) is -0.651. The molecule has 0 saturated carbocycles. The SMILES string of the molecule is NC(=O)COc1ccc(/C=C2/SC(=Nc3ccc(F)cc3)NC2=O)cc1. The lowest BCUT2D eigenvalue weighted by atomic mass is 10.2. The molecular formula is C18H14FN3O3S. The van der Waals surface area contributed by atoms with Crippen molar-refractivity contribution in [2.24, 2.45) is 10.7 Å². The lowest BCUT2D eigenvalue weighted by Crippen LogP contribution is -2.19. The molecule has 26 heavy (non-hydrogen) atoms. The Morgan fingerprint density at radius 3 is 2.54 bits per heavy atom. The molecule has 3 N–H and O–H groups in total. The van der Waals surface area contributed by atoms with Crippen LogP contribution in [0.3, 0.4) is 0 Å². The first kappa shape index (κ1) is 17.7. The van der Waals surface area contributed by atoms with Crippen LogP contribution in [0.4, 0.5) is 10.1 Å². The van der Waals surface area contributed by atoms with Crippen molar-refractivity contribution in [3.63, 3.8) is 0 Å². The number of carbonyl (C=O) groups excluding carboxylic acids is 2.